The van der Waals surface area contributed by atoms with Crippen LogP contribution in [0.3, 0.4) is 0 Å². The highest BCUT2D eigenvalue weighted by molar-refractivity contribution is 6.03. The molecule has 2 rings (SSSR count). The number of amides is 1. The van der Waals surface area contributed by atoms with Gasteiger partial charge in [-0.3, -0.25) is 9.78 Å². The van der Waals surface area contributed by atoms with Crippen molar-refractivity contribution < 1.29 is 14.7 Å². The van der Waals surface area contributed by atoms with Gasteiger partial charge in [0.15, 0.2) is 0 Å². The lowest BCUT2D eigenvalue weighted by Crippen LogP contribution is -2.14. The fraction of sp³-hybridized carbons (Fsp3) is 0.0769. The minimum absolute atomic E-state index is 0.197. The molecule has 0 atom stereocenters. The van der Waals surface area contributed by atoms with Crippen LogP contribution in [0, 0.1) is 6.92 Å². The van der Waals surface area contributed by atoms with E-state index < -0.39 is 11.9 Å². The molecule has 0 spiro atoms. The molecule has 0 saturated heterocycles. The van der Waals surface area contributed by atoms with E-state index in [9.17, 15) is 9.59 Å². The second-order valence-electron chi connectivity index (χ2n) is 3.88. The Morgan fingerprint density at radius 3 is 2.63 bits per heavy atom. The minimum atomic E-state index is -0.996. The summed E-state index contributed by atoms with van der Waals surface area (Å²) in [6, 6.07) is 4.58. The van der Waals surface area contributed by atoms with E-state index in [2.05, 4.69) is 15.3 Å². The molecule has 96 valence electrons. The van der Waals surface area contributed by atoms with Gasteiger partial charge in [0.2, 0.25) is 0 Å². The Morgan fingerprint density at radius 2 is 2.05 bits per heavy atom. The summed E-state index contributed by atoms with van der Waals surface area (Å²) < 4.78 is 0. The van der Waals surface area contributed by atoms with Crippen molar-refractivity contribution in [2.24, 2.45) is 0 Å². The second kappa shape index (κ2) is 5.26. The summed E-state index contributed by atoms with van der Waals surface area (Å²) >= 11 is 0. The number of carbonyl (C=O) groups excluding carboxylic acids is 1. The highest BCUT2D eigenvalue weighted by Crippen LogP contribution is 2.15. The monoisotopic (exact) mass is 257 g/mol. The minimum Gasteiger partial charge on any atom is -0.478 e. The van der Waals surface area contributed by atoms with Crippen LogP contribution in [0.25, 0.3) is 0 Å². The van der Waals surface area contributed by atoms with Gasteiger partial charge >= 0.3 is 5.97 Å². The lowest BCUT2D eigenvalue weighted by Gasteiger charge is -2.07. The zero-order chi connectivity index (χ0) is 13.8. The van der Waals surface area contributed by atoms with E-state index in [-0.39, 0.29) is 11.3 Å². The number of aryl methyl sites for hydroxylation is 1. The predicted octanol–water partition coefficient (Wildman–Crippen LogP) is 1.74. The third kappa shape index (κ3) is 2.92. The molecule has 2 aromatic rings. The molecule has 0 aliphatic carbocycles. The van der Waals surface area contributed by atoms with Crippen molar-refractivity contribution in [2.75, 3.05) is 5.32 Å². The third-order valence-electron chi connectivity index (χ3n) is 2.51. The molecule has 0 bridgehead atoms. The Morgan fingerprint density at radius 1 is 1.26 bits per heavy atom. The maximum absolute atomic E-state index is 11.8. The number of nitrogens with one attached hydrogen (secondary N) is 1. The summed E-state index contributed by atoms with van der Waals surface area (Å²) in [5, 5.41) is 11.5. The summed E-state index contributed by atoms with van der Waals surface area (Å²) in [5.41, 5.74) is 1.49. The molecule has 0 fully saturated rings. The average Bonchev–Trinajstić information content (AvgIpc) is 2.39. The smallest absolute Gasteiger partial charge is 0.335 e. The van der Waals surface area contributed by atoms with E-state index in [1.165, 1.54) is 30.7 Å². The number of anilines is 1. The Hall–Kier alpha value is -2.76. The molecular formula is C13H11N3O3. The molecule has 1 aromatic carbocycles. The Kier molecular flexibility index (Phi) is 3.51. The zero-order valence-corrected chi connectivity index (χ0v) is 10.1. The van der Waals surface area contributed by atoms with E-state index in [0.717, 1.165) is 0 Å². The number of aromatic nitrogens is 2. The molecule has 0 aliphatic rings. The molecular weight excluding hydrogens is 246 g/mol. The van der Waals surface area contributed by atoms with Crippen LogP contribution in [0.5, 0.6) is 0 Å². The van der Waals surface area contributed by atoms with Crippen LogP contribution < -0.4 is 5.32 Å². The molecule has 1 heterocycles. The number of aromatic carboxylic acids is 1. The first-order chi connectivity index (χ1) is 9.08. The number of benzene rings is 1. The van der Waals surface area contributed by atoms with Gasteiger partial charge in [0.05, 0.1) is 11.8 Å². The molecule has 1 amide bonds. The van der Waals surface area contributed by atoms with E-state index in [1.54, 1.807) is 13.0 Å². The Balaban J connectivity index is 2.19. The fourth-order valence-electron chi connectivity index (χ4n) is 1.59. The Labute approximate surface area is 109 Å². The maximum atomic E-state index is 11.8. The first-order valence-corrected chi connectivity index (χ1v) is 5.49. The third-order valence-corrected chi connectivity index (χ3v) is 2.51. The molecule has 0 radical (unpaired) electrons. The molecule has 19 heavy (non-hydrogen) atoms. The standard InChI is InChI=1S/C13H11N3O3/c1-8-6-9(2-3-10(8)13(18)19)16-12(17)11-7-14-4-5-15-11/h2-7H,1H3,(H,16,17)(H,18,19). The number of hydrogen-bond acceptors (Lipinski definition) is 4. The predicted molar refractivity (Wildman–Crippen MR) is 68.1 cm³/mol. The van der Waals surface area contributed by atoms with Crippen molar-refractivity contribution in [1.82, 2.24) is 9.97 Å². The van der Waals surface area contributed by atoms with Crippen molar-refractivity contribution in [2.45, 2.75) is 6.92 Å². The van der Waals surface area contributed by atoms with Gasteiger partial charge in [-0.25, -0.2) is 9.78 Å². The maximum Gasteiger partial charge on any atom is 0.335 e. The van der Waals surface area contributed by atoms with Gasteiger partial charge in [-0.05, 0) is 30.7 Å². The number of carboxylic acid groups (broad SMARTS) is 1. The quantitative estimate of drug-likeness (QED) is 0.873. The highest BCUT2D eigenvalue weighted by Gasteiger charge is 2.10. The summed E-state index contributed by atoms with van der Waals surface area (Å²) in [7, 11) is 0. The van der Waals surface area contributed by atoms with Crippen molar-refractivity contribution in [3.63, 3.8) is 0 Å². The summed E-state index contributed by atoms with van der Waals surface area (Å²) in [6.07, 6.45) is 4.25. The van der Waals surface area contributed by atoms with Crippen LogP contribution in [0.2, 0.25) is 0 Å². The first-order valence-electron chi connectivity index (χ1n) is 5.49. The summed E-state index contributed by atoms with van der Waals surface area (Å²) in [6.45, 7) is 1.67. The SMILES string of the molecule is Cc1cc(NC(=O)c2cnccn2)ccc1C(=O)O. The lowest BCUT2D eigenvalue weighted by atomic mass is 10.1. The van der Waals surface area contributed by atoms with Crippen molar-refractivity contribution in [1.29, 1.82) is 0 Å². The second-order valence-corrected chi connectivity index (χ2v) is 3.88. The first kappa shape index (κ1) is 12.7. The Bertz CT molecular complexity index is 626. The molecule has 1 aromatic heterocycles. The number of carbonyl (C=O) groups is 2. The van der Waals surface area contributed by atoms with Crippen LogP contribution in [0.4, 0.5) is 5.69 Å². The van der Waals surface area contributed by atoms with E-state index in [1.807, 2.05) is 0 Å². The van der Waals surface area contributed by atoms with Gasteiger partial charge in [-0.1, -0.05) is 0 Å². The van der Waals surface area contributed by atoms with Gasteiger partial charge in [0.1, 0.15) is 5.69 Å². The van der Waals surface area contributed by atoms with Crippen molar-refractivity contribution >= 4 is 17.6 Å². The fourth-order valence-corrected chi connectivity index (χ4v) is 1.59. The van der Waals surface area contributed by atoms with Gasteiger partial charge < -0.3 is 10.4 Å². The lowest BCUT2D eigenvalue weighted by molar-refractivity contribution is 0.0696. The molecule has 0 saturated carbocycles. The highest BCUT2D eigenvalue weighted by atomic mass is 16.4. The van der Waals surface area contributed by atoms with Crippen LogP contribution in [-0.4, -0.2) is 27.0 Å². The number of rotatable bonds is 3. The number of nitrogens with zero attached hydrogens (tertiary/aromatic N) is 2. The van der Waals surface area contributed by atoms with Crippen LogP contribution in [0.15, 0.2) is 36.8 Å². The molecule has 6 heteroatoms. The zero-order valence-electron chi connectivity index (χ0n) is 10.1. The number of carboxylic acids is 1. The topological polar surface area (TPSA) is 92.2 Å². The van der Waals surface area contributed by atoms with Gasteiger partial charge in [0, 0.05) is 18.1 Å². The molecule has 2 N–H and O–H groups in total. The van der Waals surface area contributed by atoms with Crippen molar-refractivity contribution in [3.05, 3.63) is 53.6 Å². The summed E-state index contributed by atoms with van der Waals surface area (Å²) in [4.78, 5) is 30.4. The van der Waals surface area contributed by atoms with Crippen LogP contribution >= 0.6 is 0 Å². The van der Waals surface area contributed by atoms with Crippen LogP contribution in [-0.2, 0) is 0 Å². The van der Waals surface area contributed by atoms with Gasteiger partial charge in [-0.2, -0.15) is 0 Å². The van der Waals surface area contributed by atoms with Crippen LogP contribution in [0.1, 0.15) is 26.4 Å². The number of hydrogen-bond donors (Lipinski definition) is 2. The molecule has 6 nitrogen and oxygen atoms in total. The largest absolute Gasteiger partial charge is 0.478 e. The molecule has 0 unspecified atom stereocenters. The van der Waals surface area contributed by atoms with E-state index in [4.69, 9.17) is 5.11 Å². The average molecular weight is 257 g/mol. The van der Waals surface area contributed by atoms with Gasteiger partial charge in [-0.15, -0.1) is 0 Å². The van der Waals surface area contributed by atoms with E-state index in [0.29, 0.717) is 11.3 Å². The summed E-state index contributed by atoms with van der Waals surface area (Å²) in [5.74, 6) is -1.39. The van der Waals surface area contributed by atoms with Gasteiger partial charge in [0.25, 0.3) is 5.91 Å². The normalized spacial score (nSPS) is 9.95. The van der Waals surface area contributed by atoms with E-state index >= 15 is 0 Å². The van der Waals surface area contributed by atoms with Crippen molar-refractivity contribution in [3.8, 4) is 0 Å². The molecule has 0 aliphatic heterocycles.